The van der Waals surface area contributed by atoms with Gasteiger partial charge in [0.15, 0.2) is 11.3 Å². The van der Waals surface area contributed by atoms with Crippen molar-refractivity contribution in [3.05, 3.63) is 29.2 Å². The predicted octanol–water partition coefficient (Wildman–Crippen LogP) is 2.00. The van der Waals surface area contributed by atoms with Crippen molar-refractivity contribution in [3.63, 3.8) is 0 Å². The Labute approximate surface area is 98.1 Å². The molecule has 2 aromatic rings. The van der Waals surface area contributed by atoms with Crippen molar-refractivity contribution in [1.82, 2.24) is 14.6 Å². The van der Waals surface area contributed by atoms with E-state index in [9.17, 15) is 9.90 Å². The lowest BCUT2D eigenvalue weighted by Crippen LogP contribution is -2.13. The van der Waals surface area contributed by atoms with Crippen LogP contribution < -0.4 is 0 Å². The Morgan fingerprint density at radius 1 is 1.53 bits per heavy atom. The molecule has 1 N–H and O–H groups in total. The maximum Gasteiger partial charge on any atom is 0.356 e. The summed E-state index contributed by atoms with van der Waals surface area (Å²) in [5, 5.41) is 13.3. The van der Waals surface area contributed by atoms with Gasteiger partial charge in [0.25, 0.3) is 0 Å². The number of rotatable bonds is 2. The average Bonchev–Trinajstić information content (AvgIpc) is 2.54. The average molecular weight is 231 g/mol. The van der Waals surface area contributed by atoms with Gasteiger partial charge in [-0.15, -0.1) is 0 Å². The van der Waals surface area contributed by atoms with Crippen LogP contribution in [0, 0.1) is 6.92 Å². The van der Waals surface area contributed by atoms with Gasteiger partial charge in [-0.3, -0.25) is 0 Å². The van der Waals surface area contributed by atoms with Crippen molar-refractivity contribution in [3.8, 4) is 0 Å². The second-order valence-corrected chi connectivity index (χ2v) is 4.59. The molecule has 5 nitrogen and oxygen atoms in total. The van der Waals surface area contributed by atoms with Gasteiger partial charge < -0.3 is 5.11 Å². The molecule has 3 rings (SSSR count). The van der Waals surface area contributed by atoms with Gasteiger partial charge in [0.1, 0.15) is 0 Å². The molecular formula is C12H13N3O2. The normalized spacial score (nSPS) is 16.1. The SMILES string of the molecule is Cc1cnc2c(C3CCC3)c(C(=O)O)nn2c1. The van der Waals surface area contributed by atoms with E-state index in [1.54, 1.807) is 10.7 Å². The molecule has 0 amide bonds. The van der Waals surface area contributed by atoms with E-state index >= 15 is 0 Å². The number of fused-ring (bicyclic) bond motifs is 1. The molecule has 1 saturated carbocycles. The van der Waals surface area contributed by atoms with E-state index in [-0.39, 0.29) is 5.69 Å². The molecule has 88 valence electrons. The molecule has 0 aliphatic heterocycles. The standard InChI is InChI=1S/C12H13N3O2/c1-7-5-13-11-9(8-3-2-4-8)10(12(16)17)14-15(11)6-7/h5-6,8H,2-4H2,1H3,(H,16,17). The number of hydrogen-bond acceptors (Lipinski definition) is 3. The molecule has 0 spiro atoms. The second-order valence-electron chi connectivity index (χ2n) is 4.59. The summed E-state index contributed by atoms with van der Waals surface area (Å²) in [7, 11) is 0. The third kappa shape index (κ3) is 1.50. The number of aromatic nitrogens is 3. The van der Waals surface area contributed by atoms with Crippen LogP contribution in [-0.2, 0) is 0 Å². The molecule has 2 aromatic heterocycles. The first-order chi connectivity index (χ1) is 8.16. The molecule has 0 aromatic carbocycles. The van der Waals surface area contributed by atoms with Crippen LogP contribution >= 0.6 is 0 Å². The number of carboxylic acid groups (broad SMARTS) is 1. The van der Waals surface area contributed by atoms with Crippen molar-refractivity contribution >= 4 is 11.6 Å². The van der Waals surface area contributed by atoms with Crippen LogP contribution in [-0.4, -0.2) is 25.7 Å². The van der Waals surface area contributed by atoms with Crippen LogP contribution in [0.25, 0.3) is 5.65 Å². The summed E-state index contributed by atoms with van der Waals surface area (Å²) in [4.78, 5) is 15.5. The maximum absolute atomic E-state index is 11.2. The summed E-state index contributed by atoms with van der Waals surface area (Å²) in [6.07, 6.45) is 6.81. The molecular weight excluding hydrogens is 218 g/mol. The van der Waals surface area contributed by atoms with E-state index in [1.807, 2.05) is 13.1 Å². The number of carboxylic acids is 1. The van der Waals surface area contributed by atoms with Crippen molar-refractivity contribution < 1.29 is 9.90 Å². The molecule has 1 aliphatic rings. The van der Waals surface area contributed by atoms with Gasteiger partial charge in [0, 0.05) is 18.0 Å². The summed E-state index contributed by atoms with van der Waals surface area (Å²) in [5.41, 5.74) is 2.63. The van der Waals surface area contributed by atoms with Crippen LogP contribution in [0.1, 0.15) is 46.8 Å². The zero-order chi connectivity index (χ0) is 12.0. The van der Waals surface area contributed by atoms with Gasteiger partial charge in [-0.05, 0) is 31.2 Å². The zero-order valence-corrected chi connectivity index (χ0v) is 9.55. The molecule has 1 fully saturated rings. The maximum atomic E-state index is 11.2. The van der Waals surface area contributed by atoms with Crippen molar-refractivity contribution in [2.45, 2.75) is 32.1 Å². The third-order valence-electron chi connectivity index (χ3n) is 3.35. The number of aromatic carboxylic acids is 1. The Kier molecular flexibility index (Phi) is 2.14. The van der Waals surface area contributed by atoms with Crippen LogP contribution in [0.4, 0.5) is 0 Å². The van der Waals surface area contributed by atoms with Gasteiger partial charge in [-0.25, -0.2) is 14.3 Å². The quantitative estimate of drug-likeness (QED) is 0.858. The monoisotopic (exact) mass is 231 g/mol. The Morgan fingerprint density at radius 3 is 2.88 bits per heavy atom. The lowest BCUT2D eigenvalue weighted by Gasteiger charge is -2.24. The zero-order valence-electron chi connectivity index (χ0n) is 9.55. The molecule has 0 atom stereocenters. The fourth-order valence-electron chi connectivity index (χ4n) is 2.28. The number of aryl methyl sites for hydroxylation is 1. The van der Waals surface area contributed by atoms with Crippen LogP contribution in [0.2, 0.25) is 0 Å². The third-order valence-corrected chi connectivity index (χ3v) is 3.35. The van der Waals surface area contributed by atoms with Gasteiger partial charge in [0.05, 0.1) is 0 Å². The van der Waals surface area contributed by atoms with Crippen LogP contribution in [0.3, 0.4) is 0 Å². The minimum Gasteiger partial charge on any atom is -0.476 e. The van der Waals surface area contributed by atoms with Crippen molar-refractivity contribution in [2.75, 3.05) is 0 Å². The number of carbonyl (C=O) groups is 1. The van der Waals surface area contributed by atoms with Gasteiger partial charge >= 0.3 is 5.97 Å². The van der Waals surface area contributed by atoms with Crippen LogP contribution in [0.15, 0.2) is 12.4 Å². The molecule has 0 saturated heterocycles. The highest BCUT2D eigenvalue weighted by atomic mass is 16.4. The minimum absolute atomic E-state index is 0.160. The Balaban J connectivity index is 2.26. The summed E-state index contributed by atoms with van der Waals surface area (Å²) in [6, 6.07) is 0. The Morgan fingerprint density at radius 2 is 2.29 bits per heavy atom. The summed E-state index contributed by atoms with van der Waals surface area (Å²) < 4.78 is 1.59. The minimum atomic E-state index is -0.963. The number of hydrogen-bond donors (Lipinski definition) is 1. The first-order valence-electron chi connectivity index (χ1n) is 5.75. The predicted molar refractivity (Wildman–Crippen MR) is 61.3 cm³/mol. The molecule has 17 heavy (non-hydrogen) atoms. The van der Waals surface area contributed by atoms with Gasteiger partial charge in [0.2, 0.25) is 0 Å². The largest absolute Gasteiger partial charge is 0.476 e. The van der Waals surface area contributed by atoms with Gasteiger partial charge in [-0.2, -0.15) is 5.10 Å². The van der Waals surface area contributed by atoms with E-state index in [4.69, 9.17) is 0 Å². The molecule has 5 heteroatoms. The highest BCUT2D eigenvalue weighted by molar-refractivity contribution is 5.89. The smallest absolute Gasteiger partial charge is 0.356 e. The van der Waals surface area contributed by atoms with E-state index < -0.39 is 5.97 Å². The fourth-order valence-corrected chi connectivity index (χ4v) is 2.28. The molecule has 2 heterocycles. The lowest BCUT2D eigenvalue weighted by molar-refractivity contribution is 0.0687. The molecule has 0 radical (unpaired) electrons. The van der Waals surface area contributed by atoms with Crippen LogP contribution in [0.5, 0.6) is 0 Å². The topological polar surface area (TPSA) is 67.5 Å². The molecule has 1 aliphatic carbocycles. The van der Waals surface area contributed by atoms with E-state index in [0.717, 1.165) is 30.4 Å². The lowest BCUT2D eigenvalue weighted by atomic mass is 9.80. The van der Waals surface area contributed by atoms with E-state index in [1.165, 1.54) is 0 Å². The fraction of sp³-hybridized carbons (Fsp3) is 0.417. The van der Waals surface area contributed by atoms with Gasteiger partial charge in [-0.1, -0.05) is 6.42 Å². The van der Waals surface area contributed by atoms with E-state index in [0.29, 0.717) is 11.6 Å². The molecule has 0 unspecified atom stereocenters. The van der Waals surface area contributed by atoms with Crippen molar-refractivity contribution in [2.24, 2.45) is 0 Å². The number of nitrogens with zero attached hydrogens (tertiary/aromatic N) is 3. The Hall–Kier alpha value is -1.91. The summed E-state index contributed by atoms with van der Waals surface area (Å²) in [5.74, 6) is -0.649. The highest BCUT2D eigenvalue weighted by Crippen LogP contribution is 2.39. The summed E-state index contributed by atoms with van der Waals surface area (Å²) in [6.45, 7) is 1.91. The molecule has 0 bridgehead atoms. The Bertz CT molecular complexity index is 599. The van der Waals surface area contributed by atoms with Crippen molar-refractivity contribution in [1.29, 1.82) is 0 Å². The first-order valence-corrected chi connectivity index (χ1v) is 5.75. The highest BCUT2D eigenvalue weighted by Gasteiger charge is 2.30. The second kappa shape index (κ2) is 3.55. The first kappa shape index (κ1) is 10.3. The van der Waals surface area contributed by atoms with E-state index in [2.05, 4.69) is 10.1 Å². The summed E-state index contributed by atoms with van der Waals surface area (Å²) >= 11 is 0.